The first-order chi connectivity index (χ1) is 6.59. The van der Waals surface area contributed by atoms with Crippen LogP contribution in [0.3, 0.4) is 0 Å². The largest absolute Gasteiger partial charge is 0.302 e. The molecule has 3 nitrogen and oxygen atoms in total. The van der Waals surface area contributed by atoms with Crippen LogP contribution in [0, 0.1) is 0 Å². The van der Waals surface area contributed by atoms with Crippen molar-refractivity contribution in [1.82, 2.24) is 4.98 Å². The summed E-state index contributed by atoms with van der Waals surface area (Å²) >= 11 is 4.54. The second-order valence-electron chi connectivity index (χ2n) is 2.83. The van der Waals surface area contributed by atoms with Crippen LogP contribution in [0.25, 0.3) is 10.8 Å². The van der Waals surface area contributed by atoms with Gasteiger partial charge in [0.25, 0.3) is 0 Å². The number of nitrogens with zero attached hydrogens (tertiary/aromatic N) is 1. The molecule has 1 heterocycles. The third kappa shape index (κ3) is 1.61. The molecule has 0 saturated heterocycles. The minimum atomic E-state index is -3.32. The molecule has 72 valence electrons. The van der Waals surface area contributed by atoms with Gasteiger partial charge in [-0.05, 0) is 12.1 Å². The fourth-order valence-corrected chi connectivity index (χ4v) is 2.47. The average molecular weight is 225 g/mol. The second kappa shape index (κ2) is 3.27. The van der Waals surface area contributed by atoms with E-state index in [2.05, 4.69) is 16.2 Å². The Hall–Kier alpha value is -1.04. The molecule has 0 aliphatic rings. The zero-order valence-electron chi connectivity index (χ0n) is 7.08. The summed E-state index contributed by atoms with van der Waals surface area (Å²) in [4.78, 5) is 4.21. The number of aromatic nitrogens is 1. The molecule has 1 unspecified atom stereocenters. The van der Waals surface area contributed by atoms with E-state index in [4.69, 9.17) is 0 Å². The summed E-state index contributed by atoms with van der Waals surface area (Å²) in [6, 6.07) is 6.78. The van der Waals surface area contributed by atoms with Gasteiger partial charge in [-0.1, -0.05) is 12.1 Å². The summed E-state index contributed by atoms with van der Waals surface area (Å²) in [7, 11) is -3.32. The molecule has 1 aromatic heterocycles. The lowest BCUT2D eigenvalue weighted by Crippen LogP contribution is -1.97. The Labute approximate surface area is 86.3 Å². The van der Waals surface area contributed by atoms with Crippen molar-refractivity contribution in [2.75, 3.05) is 0 Å². The lowest BCUT2D eigenvalue weighted by molar-refractivity contribution is 0.562. The molecule has 0 bridgehead atoms. The van der Waals surface area contributed by atoms with Gasteiger partial charge >= 0.3 is 0 Å². The third-order valence-electron chi connectivity index (χ3n) is 1.92. The standard InChI is InChI=1S/C9H7NO2S2/c11-14(12,13)9-3-1-2-7-6-10-5-4-8(7)9/h1-6H,(H,11,12,13). The van der Waals surface area contributed by atoms with Crippen LogP contribution in [0.2, 0.25) is 0 Å². The van der Waals surface area contributed by atoms with E-state index < -0.39 is 8.77 Å². The first-order valence-corrected chi connectivity index (χ1v) is 6.33. The molecule has 0 aliphatic heterocycles. The van der Waals surface area contributed by atoms with Gasteiger partial charge in [0.15, 0.2) is 8.77 Å². The molecule has 0 aliphatic carbocycles. The predicted molar refractivity (Wildman–Crippen MR) is 58.1 cm³/mol. The molecule has 0 radical (unpaired) electrons. The van der Waals surface area contributed by atoms with Crippen molar-refractivity contribution in [1.29, 1.82) is 0 Å². The average Bonchev–Trinajstić information content (AvgIpc) is 2.15. The van der Waals surface area contributed by atoms with E-state index in [-0.39, 0.29) is 4.90 Å². The summed E-state index contributed by atoms with van der Waals surface area (Å²) in [5.41, 5.74) is 0. The maximum Gasteiger partial charge on any atom is 0.171 e. The number of hydrogen-bond acceptors (Lipinski definition) is 3. The van der Waals surface area contributed by atoms with Gasteiger partial charge in [0.1, 0.15) is 0 Å². The van der Waals surface area contributed by atoms with Crippen LogP contribution >= 0.6 is 0 Å². The van der Waals surface area contributed by atoms with E-state index in [1.807, 2.05) is 6.07 Å². The van der Waals surface area contributed by atoms with Crippen LogP contribution in [-0.2, 0) is 20.0 Å². The van der Waals surface area contributed by atoms with Gasteiger partial charge in [-0.15, -0.1) is 0 Å². The Morgan fingerprint density at radius 1 is 1.36 bits per heavy atom. The van der Waals surface area contributed by atoms with E-state index in [0.717, 1.165) is 5.39 Å². The monoisotopic (exact) mass is 225 g/mol. The molecule has 5 heteroatoms. The Morgan fingerprint density at radius 2 is 2.14 bits per heavy atom. The number of pyridine rings is 1. The van der Waals surface area contributed by atoms with Crippen molar-refractivity contribution in [2.45, 2.75) is 4.90 Å². The van der Waals surface area contributed by atoms with Crippen molar-refractivity contribution in [2.24, 2.45) is 0 Å². The van der Waals surface area contributed by atoms with Crippen molar-refractivity contribution < 1.29 is 8.76 Å². The number of benzene rings is 1. The van der Waals surface area contributed by atoms with E-state index in [1.165, 1.54) is 0 Å². The van der Waals surface area contributed by atoms with E-state index >= 15 is 0 Å². The molecular weight excluding hydrogens is 218 g/mol. The second-order valence-corrected chi connectivity index (χ2v) is 5.57. The minimum Gasteiger partial charge on any atom is -0.302 e. The number of rotatable bonds is 1. The van der Waals surface area contributed by atoms with Gasteiger partial charge < -0.3 is 4.55 Å². The van der Waals surface area contributed by atoms with Crippen LogP contribution in [-0.4, -0.2) is 13.7 Å². The molecule has 1 atom stereocenters. The summed E-state index contributed by atoms with van der Waals surface area (Å²) < 4.78 is 20.7. The van der Waals surface area contributed by atoms with E-state index in [0.29, 0.717) is 5.39 Å². The predicted octanol–water partition coefficient (Wildman–Crippen LogP) is 1.81. The summed E-state index contributed by atoms with van der Waals surface area (Å²) in [5, 5.41) is 1.50. The number of fused-ring (bicyclic) bond motifs is 1. The van der Waals surface area contributed by atoms with Crippen LogP contribution in [0.4, 0.5) is 0 Å². The topological polar surface area (TPSA) is 50.2 Å². The fraction of sp³-hybridized carbons (Fsp3) is 0. The Morgan fingerprint density at radius 3 is 2.86 bits per heavy atom. The zero-order valence-corrected chi connectivity index (χ0v) is 8.72. The van der Waals surface area contributed by atoms with Crippen LogP contribution in [0.1, 0.15) is 0 Å². The van der Waals surface area contributed by atoms with Crippen LogP contribution in [0.15, 0.2) is 41.6 Å². The first-order valence-electron chi connectivity index (χ1n) is 3.89. The van der Waals surface area contributed by atoms with Gasteiger partial charge in [0.2, 0.25) is 0 Å². The highest BCUT2D eigenvalue weighted by molar-refractivity contribution is 8.29. The van der Waals surface area contributed by atoms with Crippen molar-refractivity contribution in [3.8, 4) is 0 Å². The molecule has 0 spiro atoms. The highest BCUT2D eigenvalue weighted by atomic mass is 32.8. The highest BCUT2D eigenvalue weighted by Crippen LogP contribution is 2.21. The summed E-state index contributed by atoms with van der Waals surface area (Å²) in [5.74, 6) is 0. The van der Waals surface area contributed by atoms with Gasteiger partial charge in [-0.3, -0.25) is 4.98 Å². The molecular formula is C9H7NO2S2. The van der Waals surface area contributed by atoms with Crippen molar-refractivity contribution in [3.63, 3.8) is 0 Å². The molecule has 0 fully saturated rings. The summed E-state index contributed by atoms with van der Waals surface area (Å²) in [6.45, 7) is 0. The fourth-order valence-electron chi connectivity index (χ4n) is 1.32. The Balaban J connectivity index is 2.92. The minimum absolute atomic E-state index is 0.285. The third-order valence-corrected chi connectivity index (χ3v) is 3.37. The van der Waals surface area contributed by atoms with Gasteiger partial charge in [0, 0.05) is 34.4 Å². The van der Waals surface area contributed by atoms with Crippen LogP contribution < -0.4 is 0 Å². The lowest BCUT2D eigenvalue weighted by atomic mass is 10.2. The van der Waals surface area contributed by atoms with E-state index in [9.17, 15) is 8.76 Å². The zero-order chi connectivity index (χ0) is 10.2. The number of hydrogen-bond donors (Lipinski definition) is 1. The van der Waals surface area contributed by atoms with Gasteiger partial charge in [-0.25, -0.2) is 4.21 Å². The smallest absolute Gasteiger partial charge is 0.171 e. The molecule has 2 rings (SSSR count). The molecule has 2 aromatic rings. The normalized spacial score (nSPS) is 15.2. The van der Waals surface area contributed by atoms with Gasteiger partial charge in [-0.2, -0.15) is 0 Å². The van der Waals surface area contributed by atoms with Crippen molar-refractivity contribution in [3.05, 3.63) is 36.7 Å². The molecule has 0 saturated carbocycles. The van der Waals surface area contributed by atoms with Crippen molar-refractivity contribution >= 4 is 30.7 Å². The first kappa shape index (κ1) is 9.51. The maximum atomic E-state index is 11.4. The quantitative estimate of drug-likeness (QED) is 0.804. The summed E-state index contributed by atoms with van der Waals surface area (Å²) in [6.07, 6.45) is 3.21. The molecule has 1 N–H and O–H groups in total. The molecule has 0 amide bonds. The Bertz CT molecular complexity index is 573. The molecule has 14 heavy (non-hydrogen) atoms. The SMILES string of the molecule is O=S(O)(=S)c1cccc2cnccc12. The van der Waals surface area contributed by atoms with E-state index in [1.54, 1.807) is 30.6 Å². The maximum absolute atomic E-state index is 11.4. The van der Waals surface area contributed by atoms with Crippen LogP contribution in [0.5, 0.6) is 0 Å². The Kier molecular flexibility index (Phi) is 2.22. The highest BCUT2D eigenvalue weighted by Gasteiger charge is 2.09. The lowest BCUT2D eigenvalue weighted by Gasteiger charge is -2.03. The van der Waals surface area contributed by atoms with Gasteiger partial charge in [0.05, 0.1) is 4.90 Å². The molecule has 1 aromatic carbocycles.